The average Bonchev–Trinajstić information content (AvgIpc) is 3.57. The number of halogens is 1. The number of pyridine rings is 2. The summed E-state index contributed by atoms with van der Waals surface area (Å²) in [6, 6.07) is 14.9. The van der Waals surface area contributed by atoms with E-state index in [1.54, 1.807) is 37.5 Å². The van der Waals surface area contributed by atoms with Crippen LogP contribution in [0.1, 0.15) is 80.7 Å². The number of hydrogen-bond donors (Lipinski definition) is 3. The quantitative estimate of drug-likeness (QED) is 0.101. The van der Waals surface area contributed by atoms with Gasteiger partial charge in [0, 0.05) is 62.2 Å². The lowest BCUT2D eigenvalue weighted by atomic mass is 9.83. The first-order valence-corrected chi connectivity index (χ1v) is 19.2. The van der Waals surface area contributed by atoms with Gasteiger partial charge in [0.1, 0.15) is 11.8 Å². The van der Waals surface area contributed by atoms with E-state index in [-0.39, 0.29) is 48.6 Å². The minimum absolute atomic E-state index is 0.0280. The minimum Gasteiger partial charge on any atom is -0.381 e. The number of carbonyl (C=O) groups excluding carboxylic acids is 4. The molecular formula is C39H47ClN6O5S. The fraction of sp³-hybridized carbons (Fsp3) is 0.462. The molecule has 1 aliphatic rings. The molecule has 13 heteroatoms. The van der Waals surface area contributed by atoms with Crippen molar-refractivity contribution in [3.05, 3.63) is 88.4 Å². The largest absolute Gasteiger partial charge is 0.381 e. The lowest BCUT2D eigenvalue weighted by molar-refractivity contribution is -0.135. The number of rotatable bonds is 19. The van der Waals surface area contributed by atoms with E-state index in [4.69, 9.17) is 27.1 Å². The van der Waals surface area contributed by atoms with Gasteiger partial charge in [-0.3, -0.25) is 29.1 Å². The smallest absolute Gasteiger partial charge is 0.224 e. The van der Waals surface area contributed by atoms with Gasteiger partial charge in [-0.15, -0.1) is 11.3 Å². The Kier molecular flexibility index (Phi) is 14.8. The van der Waals surface area contributed by atoms with Gasteiger partial charge in [0.05, 0.1) is 38.6 Å². The molecule has 5 rings (SSSR count). The Balaban J connectivity index is 1.37. The van der Waals surface area contributed by atoms with Crippen LogP contribution in [0.3, 0.4) is 0 Å². The average molecular weight is 747 g/mol. The molecule has 11 nitrogen and oxygen atoms in total. The molecule has 3 atom stereocenters. The molecule has 52 heavy (non-hydrogen) atoms. The van der Waals surface area contributed by atoms with Gasteiger partial charge in [0.2, 0.25) is 11.8 Å². The Morgan fingerprint density at radius 2 is 1.62 bits per heavy atom. The highest BCUT2D eigenvalue weighted by molar-refractivity contribution is 7.18. The number of nitrogens with zero attached hydrogens (tertiary/aromatic N) is 3. The number of benzene rings is 1. The molecule has 4 heterocycles. The number of fused-ring (bicyclic) bond motifs is 1. The van der Waals surface area contributed by atoms with Crippen molar-refractivity contribution in [1.82, 2.24) is 25.6 Å². The molecule has 1 saturated heterocycles. The van der Waals surface area contributed by atoms with Crippen LogP contribution in [0.4, 0.5) is 0 Å². The second kappa shape index (κ2) is 19.7. The zero-order chi connectivity index (χ0) is 36.9. The second-order valence-electron chi connectivity index (χ2n) is 13.3. The Labute approximate surface area is 313 Å². The maximum atomic E-state index is 14.4. The van der Waals surface area contributed by atoms with Gasteiger partial charge in [-0.05, 0) is 80.6 Å². The Bertz CT molecular complexity index is 1750. The number of hydrogen-bond acceptors (Lipinski definition) is 10. The lowest BCUT2D eigenvalue weighted by Crippen LogP contribution is -2.50. The number of aromatic nitrogens is 3. The SMILES string of the molecule is CCC(=O)C[C@@H](Cc1nc2ccc(Cl)cc2s1)C(=O)N[C@H](C(=O)C[C@@H](CCCCN)C(=O)NC(c1ccccn1)c1ccccn1)C1CCOCC1. The number of ether oxygens (including phenoxy) is 1. The summed E-state index contributed by atoms with van der Waals surface area (Å²) in [4.78, 5) is 69.0. The van der Waals surface area contributed by atoms with Crippen LogP contribution in [-0.2, 0) is 30.3 Å². The van der Waals surface area contributed by atoms with Gasteiger partial charge in [-0.1, -0.05) is 37.1 Å². The predicted octanol–water partition coefficient (Wildman–Crippen LogP) is 5.79. The van der Waals surface area contributed by atoms with Gasteiger partial charge in [-0.25, -0.2) is 4.98 Å². The third kappa shape index (κ3) is 11.0. The second-order valence-corrected chi connectivity index (χ2v) is 14.8. The monoisotopic (exact) mass is 746 g/mol. The van der Waals surface area contributed by atoms with Crippen molar-refractivity contribution in [2.75, 3.05) is 19.8 Å². The number of thiazole rings is 1. The van der Waals surface area contributed by atoms with Crippen LogP contribution in [0.25, 0.3) is 10.2 Å². The molecule has 1 fully saturated rings. The molecule has 276 valence electrons. The van der Waals surface area contributed by atoms with Gasteiger partial charge in [0.25, 0.3) is 0 Å². The van der Waals surface area contributed by atoms with E-state index in [9.17, 15) is 19.2 Å². The van der Waals surface area contributed by atoms with Crippen molar-refractivity contribution >= 4 is 56.5 Å². The van der Waals surface area contributed by atoms with Crippen LogP contribution >= 0.6 is 22.9 Å². The van der Waals surface area contributed by atoms with Gasteiger partial charge in [0.15, 0.2) is 5.78 Å². The summed E-state index contributed by atoms with van der Waals surface area (Å²) >= 11 is 7.63. The van der Waals surface area contributed by atoms with E-state index in [0.29, 0.717) is 79.7 Å². The first kappa shape index (κ1) is 39.1. The van der Waals surface area contributed by atoms with E-state index in [1.807, 2.05) is 36.4 Å². The van der Waals surface area contributed by atoms with Gasteiger partial charge >= 0.3 is 0 Å². The molecule has 0 aliphatic carbocycles. The van der Waals surface area contributed by atoms with Crippen LogP contribution < -0.4 is 16.4 Å². The first-order chi connectivity index (χ1) is 25.2. The number of ketones is 2. The number of amides is 2. The molecule has 1 aliphatic heterocycles. The van der Waals surface area contributed by atoms with Crippen molar-refractivity contribution < 1.29 is 23.9 Å². The molecule has 4 N–H and O–H groups in total. The van der Waals surface area contributed by atoms with E-state index >= 15 is 0 Å². The molecule has 3 aromatic heterocycles. The summed E-state index contributed by atoms with van der Waals surface area (Å²) in [7, 11) is 0. The maximum Gasteiger partial charge on any atom is 0.224 e. The number of Topliss-reactive ketones (excluding diaryl/α,β-unsaturated/α-hetero) is 2. The van der Waals surface area contributed by atoms with Gasteiger partial charge < -0.3 is 21.1 Å². The highest BCUT2D eigenvalue weighted by Gasteiger charge is 2.36. The molecule has 0 bridgehead atoms. The molecular weight excluding hydrogens is 700 g/mol. The van der Waals surface area contributed by atoms with Crippen LogP contribution in [0, 0.1) is 17.8 Å². The van der Waals surface area contributed by atoms with Crippen molar-refractivity contribution in [1.29, 1.82) is 0 Å². The van der Waals surface area contributed by atoms with E-state index in [0.717, 1.165) is 10.2 Å². The van der Waals surface area contributed by atoms with Crippen molar-refractivity contribution in [2.24, 2.45) is 23.5 Å². The lowest BCUT2D eigenvalue weighted by Gasteiger charge is -2.32. The standard InChI is InChI=1S/C39H47ClN6O5S/c1-2-29(47)21-27(23-35-44-30-13-12-28(40)24-34(30)52-35)39(50)45-36(25-14-19-51-20-15-25)33(48)22-26(9-3-6-16-41)38(49)46-37(31-10-4-7-17-42-31)32-11-5-8-18-43-32/h4-5,7-8,10-13,17-18,24-27,36-37H,2-3,6,9,14-16,19-23,41H2,1H3,(H,45,50)(H,46,49)/t26-,27+,36+/m1/s1. The van der Waals surface area contributed by atoms with Crippen LogP contribution in [0.15, 0.2) is 67.0 Å². The topological polar surface area (TPSA) is 166 Å². The minimum atomic E-state index is -0.850. The summed E-state index contributed by atoms with van der Waals surface area (Å²) < 4.78 is 6.50. The zero-order valence-electron chi connectivity index (χ0n) is 29.5. The van der Waals surface area contributed by atoms with E-state index in [2.05, 4.69) is 20.6 Å². The van der Waals surface area contributed by atoms with Crippen molar-refractivity contribution in [3.63, 3.8) is 0 Å². The third-order valence-electron chi connectivity index (χ3n) is 9.52. The van der Waals surface area contributed by atoms with Crippen LogP contribution in [0.2, 0.25) is 5.02 Å². The Hall–Kier alpha value is -4.10. The number of unbranched alkanes of at least 4 members (excludes halogenated alkanes) is 1. The highest BCUT2D eigenvalue weighted by atomic mass is 35.5. The fourth-order valence-corrected chi connectivity index (χ4v) is 7.91. The molecule has 1 aromatic carbocycles. The van der Waals surface area contributed by atoms with E-state index in [1.165, 1.54) is 11.3 Å². The normalized spacial score (nSPS) is 15.2. The van der Waals surface area contributed by atoms with Crippen molar-refractivity contribution in [3.8, 4) is 0 Å². The number of nitrogens with one attached hydrogen (secondary N) is 2. The molecule has 0 spiro atoms. The first-order valence-electron chi connectivity index (χ1n) is 18.1. The molecule has 0 unspecified atom stereocenters. The molecule has 0 radical (unpaired) electrons. The summed E-state index contributed by atoms with van der Waals surface area (Å²) in [6.45, 7) is 3.17. The summed E-state index contributed by atoms with van der Waals surface area (Å²) in [6.07, 6.45) is 6.77. The maximum absolute atomic E-state index is 14.4. The number of nitrogens with two attached hydrogens (primary N) is 1. The van der Waals surface area contributed by atoms with E-state index < -0.39 is 23.9 Å². The fourth-order valence-electron chi connectivity index (χ4n) is 6.59. The summed E-state index contributed by atoms with van der Waals surface area (Å²) in [5, 5.41) is 7.50. The van der Waals surface area contributed by atoms with Gasteiger partial charge in [-0.2, -0.15) is 0 Å². The summed E-state index contributed by atoms with van der Waals surface area (Å²) in [5.74, 6) is -2.54. The molecule has 0 saturated carbocycles. The third-order valence-corrected chi connectivity index (χ3v) is 10.8. The molecule has 4 aromatic rings. The van der Waals surface area contributed by atoms with Crippen LogP contribution in [0.5, 0.6) is 0 Å². The van der Waals surface area contributed by atoms with Crippen LogP contribution in [-0.4, -0.2) is 64.1 Å². The molecule has 2 amide bonds. The Morgan fingerprint density at radius 1 is 0.923 bits per heavy atom. The predicted molar refractivity (Wildman–Crippen MR) is 202 cm³/mol. The Morgan fingerprint density at radius 3 is 2.25 bits per heavy atom. The number of carbonyl (C=O) groups is 4. The summed E-state index contributed by atoms with van der Waals surface area (Å²) in [5.41, 5.74) is 7.82. The van der Waals surface area contributed by atoms with Crippen molar-refractivity contribution in [2.45, 2.75) is 76.8 Å². The zero-order valence-corrected chi connectivity index (χ0v) is 31.0. The highest BCUT2D eigenvalue weighted by Crippen LogP contribution is 2.29.